The predicted molar refractivity (Wildman–Crippen MR) is 152 cm³/mol. The molecule has 39 heavy (non-hydrogen) atoms. The van der Waals surface area contributed by atoms with E-state index in [2.05, 4.69) is 57.3 Å². The number of hydrogen-bond donors (Lipinski definition) is 1. The third kappa shape index (κ3) is 7.11. The molecule has 1 atom stereocenters. The van der Waals surface area contributed by atoms with Gasteiger partial charge < -0.3 is 10.6 Å². The van der Waals surface area contributed by atoms with Gasteiger partial charge in [0.25, 0.3) is 5.91 Å². The van der Waals surface area contributed by atoms with E-state index in [1.807, 2.05) is 11.8 Å². The molecule has 2 aliphatic rings. The molecule has 1 unspecified atom stereocenters. The number of amides is 1. The Morgan fingerprint density at radius 2 is 1.69 bits per heavy atom. The van der Waals surface area contributed by atoms with E-state index in [9.17, 15) is 18.0 Å². The van der Waals surface area contributed by atoms with E-state index < -0.39 is 17.4 Å². The van der Waals surface area contributed by atoms with Gasteiger partial charge >= 0.3 is 6.18 Å². The van der Waals surface area contributed by atoms with Crippen LogP contribution in [0.15, 0.2) is 66.3 Å². The fourth-order valence-electron chi connectivity index (χ4n) is 5.94. The van der Waals surface area contributed by atoms with Crippen LogP contribution in [0.25, 0.3) is 0 Å². The number of nitrogens with zero attached hydrogens (tertiary/aromatic N) is 2. The monoisotopic (exact) mass is 541 g/mol. The van der Waals surface area contributed by atoms with E-state index in [1.165, 1.54) is 17.8 Å². The first kappa shape index (κ1) is 30.5. The van der Waals surface area contributed by atoms with Gasteiger partial charge in [-0.2, -0.15) is 13.2 Å². The van der Waals surface area contributed by atoms with Crippen LogP contribution in [-0.2, 0) is 23.8 Å². The summed E-state index contributed by atoms with van der Waals surface area (Å²) in [6, 6.07) is 13.4. The Kier molecular flexibility index (Phi) is 10.0. The fourth-order valence-corrected chi connectivity index (χ4v) is 5.94. The number of rotatable bonds is 7. The molecule has 0 aromatic heterocycles. The summed E-state index contributed by atoms with van der Waals surface area (Å²) >= 11 is 0. The molecule has 212 valence electrons. The first-order valence-corrected chi connectivity index (χ1v) is 14.0. The highest BCUT2D eigenvalue weighted by Gasteiger charge is 2.51. The number of alkyl halides is 3. The minimum atomic E-state index is -4.47. The number of nitrogens with two attached hydrogens (primary N) is 1. The zero-order valence-electron chi connectivity index (χ0n) is 23.6. The highest BCUT2D eigenvalue weighted by molar-refractivity contribution is 6.46. The lowest BCUT2D eigenvalue weighted by Crippen LogP contribution is -2.54. The number of aryl methyl sites for hydroxylation is 1. The second-order valence-electron chi connectivity index (χ2n) is 11.1. The largest absolute Gasteiger partial charge is 0.416 e. The van der Waals surface area contributed by atoms with Gasteiger partial charge in [-0.3, -0.25) is 9.79 Å². The van der Waals surface area contributed by atoms with Crippen molar-refractivity contribution in [2.24, 2.45) is 22.6 Å². The molecule has 1 aliphatic heterocycles. The molecule has 4 nitrogen and oxygen atoms in total. The lowest BCUT2D eigenvalue weighted by Gasteiger charge is -2.45. The van der Waals surface area contributed by atoms with Gasteiger partial charge in [-0.25, -0.2) is 0 Å². The number of carbonyl (C=O) groups excluding carboxylic acids is 1. The van der Waals surface area contributed by atoms with Crippen LogP contribution in [0, 0.1) is 11.8 Å². The number of aliphatic imine (C=N–C) groups is 1. The van der Waals surface area contributed by atoms with Crippen LogP contribution < -0.4 is 5.73 Å². The van der Waals surface area contributed by atoms with Crippen molar-refractivity contribution in [3.63, 3.8) is 0 Å². The molecule has 1 aliphatic carbocycles. The van der Waals surface area contributed by atoms with E-state index in [-0.39, 0.29) is 23.2 Å². The molecule has 1 fully saturated rings. The van der Waals surface area contributed by atoms with Crippen molar-refractivity contribution < 1.29 is 18.0 Å². The summed E-state index contributed by atoms with van der Waals surface area (Å²) in [6.45, 7) is 11.8. The molecular weight excluding hydrogens is 499 g/mol. The Labute approximate surface area is 231 Å². The normalized spacial score (nSPS) is 21.9. The molecule has 2 aromatic carbocycles. The average molecular weight is 542 g/mol. The summed E-state index contributed by atoms with van der Waals surface area (Å²) in [5, 5.41) is 0. The zero-order valence-corrected chi connectivity index (χ0v) is 23.6. The summed E-state index contributed by atoms with van der Waals surface area (Å²) in [4.78, 5) is 20.7. The summed E-state index contributed by atoms with van der Waals surface area (Å²) in [5.41, 5.74) is 6.02. The van der Waals surface area contributed by atoms with Gasteiger partial charge in [0.2, 0.25) is 0 Å². The molecule has 0 radical (unpaired) electrons. The molecule has 2 N–H and O–H groups in total. The molecule has 1 amide bonds. The Morgan fingerprint density at radius 3 is 2.23 bits per heavy atom. The number of halogens is 3. The van der Waals surface area contributed by atoms with Crippen molar-refractivity contribution in [1.29, 1.82) is 0 Å². The number of carbonyl (C=O) groups is 1. The highest BCUT2D eigenvalue weighted by Crippen LogP contribution is 2.45. The summed E-state index contributed by atoms with van der Waals surface area (Å²) in [5.74, 6) is 0.869. The number of hydrogen-bond acceptors (Lipinski definition) is 3. The molecule has 4 rings (SSSR count). The van der Waals surface area contributed by atoms with Crippen LogP contribution >= 0.6 is 0 Å². The van der Waals surface area contributed by atoms with E-state index in [4.69, 9.17) is 4.99 Å². The lowest BCUT2D eigenvalue weighted by atomic mass is 9.76. The van der Waals surface area contributed by atoms with Crippen LogP contribution in [0.4, 0.5) is 13.2 Å². The van der Waals surface area contributed by atoms with Gasteiger partial charge in [-0.1, -0.05) is 70.2 Å². The Bertz CT molecular complexity index is 1150. The molecule has 1 heterocycles. The molecule has 1 spiro atoms. The quantitative estimate of drug-likeness (QED) is 0.393. The molecule has 1 saturated carbocycles. The van der Waals surface area contributed by atoms with Crippen molar-refractivity contribution in [3.8, 4) is 0 Å². The third-order valence-electron chi connectivity index (χ3n) is 7.96. The molecule has 2 aromatic rings. The van der Waals surface area contributed by atoms with Gasteiger partial charge in [-0.05, 0) is 86.7 Å². The second kappa shape index (κ2) is 12.8. The van der Waals surface area contributed by atoms with Crippen molar-refractivity contribution in [2.75, 3.05) is 0 Å². The maximum Gasteiger partial charge on any atom is 0.416 e. The van der Waals surface area contributed by atoms with E-state index in [1.54, 1.807) is 6.07 Å². The standard InChI is InChI=1S/C30H37F3N2O.C2H5N/c1-5-7-22-10-12-23(13-11-22)18-21(4)35-28(36)27(25-8-6-9-26(19-25)30(31,32)33)34-29(35)16-14-24(15-17-29)20(2)3;1-2-3/h6,8-13,19-21,24H,5,7,14-18H2,1-4H3;2H,1,3H2. The molecule has 7 heteroatoms. The Morgan fingerprint density at radius 1 is 1.10 bits per heavy atom. The van der Waals surface area contributed by atoms with Crippen LogP contribution in [-0.4, -0.2) is 28.2 Å². The van der Waals surface area contributed by atoms with Gasteiger partial charge in [-0.15, -0.1) is 0 Å². The van der Waals surface area contributed by atoms with Crippen LogP contribution in [0.5, 0.6) is 0 Å². The highest BCUT2D eigenvalue weighted by atomic mass is 19.4. The van der Waals surface area contributed by atoms with E-state index >= 15 is 0 Å². The predicted octanol–water partition coefficient (Wildman–Crippen LogP) is 7.55. The van der Waals surface area contributed by atoms with Gasteiger partial charge in [0, 0.05) is 11.6 Å². The van der Waals surface area contributed by atoms with Gasteiger partial charge in [0.05, 0.1) is 5.56 Å². The minimum Gasteiger partial charge on any atom is -0.405 e. The van der Waals surface area contributed by atoms with Gasteiger partial charge in [0.1, 0.15) is 11.4 Å². The van der Waals surface area contributed by atoms with Crippen LogP contribution in [0.2, 0.25) is 0 Å². The molecule has 0 bridgehead atoms. The smallest absolute Gasteiger partial charge is 0.405 e. The van der Waals surface area contributed by atoms with Crippen molar-refractivity contribution in [3.05, 3.63) is 83.6 Å². The molecular formula is C32H42F3N3O. The summed E-state index contributed by atoms with van der Waals surface area (Å²) in [7, 11) is 0. The van der Waals surface area contributed by atoms with Gasteiger partial charge in [0.15, 0.2) is 0 Å². The first-order valence-electron chi connectivity index (χ1n) is 14.0. The average Bonchev–Trinajstić information content (AvgIpc) is 3.17. The SMILES string of the molecule is C=CN.CCCc1ccc(CC(C)N2C(=O)C(c3cccc(C(F)(F)F)c3)=NC23CCC(C(C)C)CC3)cc1. The lowest BCUT2D eigenvalue weighted by molar-refractivity contribution is -0.137. The van der Waals surface area contributed by atoms with Crippen molar-refractivity contribution >= 4 is 11.6 Å². The fraction of sp³-hybridized carbons (Fsp3) is 0.500. The molecule has 0 saturated heterocycles. The summed E-state index contributed by atoms with van der Waals surface area (Å²) in [6.07, 6.45) is 2.98. The first-order chi connectivity index (χ1) is 18.5. The third-order valence-corrected chi connectivity index (χ3v) is 7.96. The Balaban J connectivity index is 0.00000134. The summed E-state index contributed by atoms with van der Waals surface area (Å²) < 4.78 is 40.2. The van der Waals surface area contributed by atoms with E-state index in [0.29, 0.717) is 18.3 Å². The maximum absolute atomic E-state index is 13.8. The van der Waals surface area contributed by atoms with Crippen LogP contribution in [0.1, 0.15) is 82.1 Å². The van der Waals surface area contributed by atoms with Crippen molar-refractivity contribution in [1.82, 2.24) is 4.90 Å². The van der Waals surface area contributed by atoms with Crippen molar-refractivity contribution in [2.45, 2.75) is 90.5 Å². The zero-order chi connectivity index (χ0) is 28.8. The Hall–Kier alpha value is -3.09. The maximum atomic E-state index is 13.8. The number of benzene rings is 2. The second-order valence-corrected chi connectivity index (χ2v) is 11.1. The topological polar surface area (TPSA) is 58.7 Å². The van der Waals surface area contributed by atoms with E-state index in [0.717, 1.165) is 56.2 Å². The minimum absolute atomic E-state index is 0.128. The van der Waals surface area contributed by atoms with Crippen LogP contribution in [0.3, 0.4) is 0 Å².